The Morgan fingerprint density at radius 3 is 2.82 bits per heavy atom. The van der Waals surface area contributed by atoms with Gasteiger partial charge in [-0.05, 0) is 36.8 Å². The SMILES string of the molecule is C[C@@H](c1ccc2ncccc2c1)n1nnc2ccn(-c3cnn(C)c3)c(=O)c21. The summed E-state index contributed by atoms with van der Waals surface area (Å²) in [6.07, 6.45) is 6.92. The highest BCUT2D eigenvalue weighted by atomic mass is 16.1. The number of nitrogens with zero attached hydrogens (tertiary/aromatic N) is 7. The molecule has 1 aromatic carbocycles. The predicted molar refractivity (Wildman–Crippen MR) is 105 cm³/mol. The summed E-state index contributed by atoms with van der Waals surface area (Å²) >= 11 is 0. The van der Waals surface area contributed by atoms with Crippen LogP contribution < -0.4 is 5.56 Å². The van der Waals surface area contributed by atoms with Crippen molar-refractivity contribution in [1.82, 2.24) is 34.3 Å². The Labute approximate surface area is 159 Å². The first-order valence-corrected chi connectivity index (χ1v) is 8.92. The minimum Gasteiger partial charge on any atom is -0.279 e. The molecule has 28 heavy (non-hydrogen) atoms. The van der Waals surface area contributed by atoms with Crippen molar-refractivity contribution in [3.05, 3.63) is 77.1 Å². The van der Waals surface area contributed by atoms with Crippen LogP contribution in [0.3, 0.4) is 0 Å². The molecule has 1 atom stereocenters. The van der Waals surface area contributed by atoms with E-state index in [1.807, 2.05) is 38.2 Å². The van der Waals surface area contributed by atoms with E-state index in [2.05, 4.69) is 26.5 Å². The van der Waals surface area contributed by atoms with Gasteiger partial charge in [-0.1, -0.05) is 17.3 Å². The quantitative estimate of drug-likeness (QED) is 0.486. The number of aryl methyl sites for hydroxylation is 1. The molecule has 0 saturated carbocycles. The Bertz CT molecular complexity index is 1380. The van der Waals surface area contributed by atoms with Crippen LogP contribution in [0, 0.1) is 0 Å². The van der Waals surface area contributed by atoms with Crippen molar-refractivity contribution in [3.8, 4) is 5.69 Å². The fourth-order valence-corrected chi connectivity index (χ4v) is 3.45. The van der Waals surface area contributed by atoms with E-state index in [9.17, 15) is 4.79 Å². The summed E-state index contributed by atoms with van der Waals surface area (Å²) in [6.45, 7) is 2.01. The van der Waals surface area contributed by atoms with Gasteiger partial charge in [0.05, 0.1) is 23.4 Å². The molecule has 138 valence electrons. The zero-order valence-electron chi connectivity index (χ0n) is 15.4. The molecule has 0 unspecified atom stereocenters. The van der Waals surface area contributed by atoms with E-state index in [0.29, 0.717) is 16.7 Å². The molecule has 0 aliphatic heterocycles. The Balaban J connectivity index is 1.66. The minimum absolute atomic E-state index is 0.160. The first kappa shape index (κ1) is 16.4. The zero-order valence-corrected chi connectivity index (χ0v) is 15.4. The second-order valence-electron chi connectivity index (χ2n) is 6.76. The average molecular weight is 371 g/mol. The van der Waals surface area contributed by atoms with Gasteiger partial charge in [0.25, 0.3) is 5.56 Å². The van der Waals surface area contributed by atoms with E-state index in [0.717, 1.165) is 16.5 Å². The van der Waals surface area contributed by atoms with Gasteiger partial charge < -0.3 is 0 Å². The molecule has 5 rings (SSSR count). The van der Waals surface area contributed by atoms with E-state index in [-0.39, 0.29) is 11.6 Å². The van der Waals surface area contributed by atoms with Crippen molar-refractivity contribution in [1.29, 1.82) is 0 Å². The zero-order chi connectivity index (χ0) is 19.3. The molecule has 4 aromatic heterocycles. The highest BCUT2D eigenvalue weighted by molar-refractivity contribution is 5.79. The Kier molecular flexibility index (Phi) is 3.58. The van der Waals surface area contributed by atoms with Crippen molar-refractivity contribution in [2.45, 2.75) is 13.0 Å². The Hall–Kier alpha value is -3.81. The van der Waals surface area contributed by atoms with E-state index >= 15 is 0 Å². The van der Waals surface area contributed by atoms with E-state index in [1.165, 1.54) is 0 Å². The molecule has 0 radical (unpaired) electrons. The second-order valence-corrected chi connectivity index (χ2v) is 6.76. The van der Waals surface area contributed by atoms with E-state index in [1.54, 1.807) is 44.8 Å². The first-order chi connectivity index (χ1) is 13.6. The summed E-state index contributed by atoms with van der Waals surface area (Å²) in [6, 6.07) is 11.6. The standard InChI is InChI=1S/C20H17N7O/c1-13(14-5-6-17-15(10-14)4-3-8-21-17)27-19-18(23-24-27)7-9-26(20(19)28)16-11-22-25(2)12-16/h3-13H,1-2H3/t13-/m0/s1. The first-order valence-electron chi connectivity index (χ1n) is 8.92. The maximum Gasteiger partial charge on any atom is 0.283 e. The highest BCUT2D eigenvalue weighted by Gasteiger charge is 2.18. The van der Waals surface area contributed by atoms with Crippen molar-refractivity contribution in [3.63, 3.8) is 0 Å². The molecule has 0 spiro atoms. The molecule has 0 aliphatic rings. The second kappa shape index (κ2) is 6.12. The van der Waals surface area contributed by atoms with Gasteiger partial charge in [-0.3, -0.25) is 19.0 Å². The summed E-state index contributed by atoms with van der Waals surface area (Å²) in [4.78, 5) is 17.5. The van der Waals surface area contributed by atoms with Gasteiger partial charge in [-0.25, -0.2) is 4.68 Å². The molecule has 0 fully saturated rings. The van der Waals surface area contributed by atoms with Crippen LogP contribution in [-0.2, 0) is 7.05 Å². The van der Waals surface area contributed by atoms with Gasteiger partial charge in [-0.2, -0.15) is 5.10 Å². The normalized spacial score (nSPS) is 12.6. The van der Waals surface area contributed by atoms with Gasteiger partial charge in [0.2, 0.25) is 0 Å². The molecule has 0 bridgehead atoms. The average Bonchev–Trinajstić information content (AvgIpc) is 3.34. The fraction of sp³-hybridized carbons (Fsp3) is 0.150. The summed E-state index contributed by atoms with van der Waals surface area (Å²) in [5.74, 6) is 0. The van der Waals surface area contributed by atoms with Crippen LogP contribution in [-0.4, -0.2) is 34.3 Å². The molecule has 5 aromatic rings. The third-order valence-electron chi connectivity index (χ3n) is 4.97. The molecular formula is C20H17N7O. The fourth-order valence-electron chi connectivity index (χ4n) is 3.45. The van der Waals surface area contributed by atoms with Crippen LogP contribution in [0.2, 0.25) is 0 Å². The minimum atomic E-state index is -0.176. The highest BCUT2D eigenvalue weighted by Crippen LogP contribution is 2.23. The van der Waals surface area contributed by atoms with Crippen LogP contribution in [0.15, 0.2) is 66.0 Å². The maximum atomic E-state index is 13.2. The van der Waals surface area contributed by atoms with Gasteiger partial charge in [0.15, 0.2) is 5.52 Å². The van der Waals surface area contributed by atoms with E-state index < -0.39 is 0 Å². The number of hydrogen-bond donors (Lipinski definition) is 0. The molecule has 0 saturated heterocycles. The number of rotatable bonds is 3. The van der Waals surface area contributed by atoms with Crippen LogP contribution in [0.25, 0.3) is 27.6 Å². The van der Waals surface area contributed by atoms with E-state index in [4.69, 9.17) is 0 Å². The smallest absolute Gasteiger partial charge is 0.279 e. The third kappa shape index (κ3) is 2.50. The summed E-state index contributed by atoms with van der Waals surface area (Å²) < 4.78 is 4.90. The molecule has 0 amide bonds. The Morgan fingerprint density at radius 2 is 2.00 bits per heavy atom. The van der Waals surface area contributed by atoms with Crippen molar-refractivity contribution in [2.24, 2.45) is 7.05 Å². The lowest BCUT2D eigenvalue weighted by atomic mass is 10.1. The Morgan fingerprint density at radius 1 is 1.11 bits per heavy atom. The summed E-state index contributed by atoms with van der Waals surface area (Å²) in [5, 5.41) is 13.7. The maximum absolute atomic E-state index is 13.2. The molecule has 0 N–H and O–H groups in total. The molecule has 8 nitrogen and oxygen atoms in total. The number of benzene rings is 1. The summed E-state index contributed by atoms with van der Waals surface area (Å²) in [7, 11) is 1.82. The summed E-state index contributed by atoms with van der Waals surface area (Å²) in [5.41, 5.74) is 3.52. The van der Waals surface area contributed by atoms with Crippen molar-refractivity contribution in [2.75, 3.05) is 0 Å². The largest absolute Gasteiger partial charge is 0.283 e. The molecular weight excluding hydrogens is 354 g/mol. The van der Waals surface area contributed by atoms with Gasteiger partial charge in [0, 0.05) is 31.0 Å². The predicted octanol–water partition coefficient (Wildman–Crippen LogP) is 2.47. The number of pyridine rings is 2. The lowest BCUT2D eigenvalue weighted by Gasteiger charge is -2.14. The molecule has 8 heteroatoms. The van der Waals surface area contributed by atoms with Crippen molar-refractivity contribution < 1.29 is 0 Å². The topological polar surface area (TPSA) is 83.4 Å². The van der Waals surface area contributed by atoms with Crippen molar-refractivity contribution >= 4 is 21.9 Å². The van der Waals surface area contributed by atoms with Crippen LogP contribution >= 0.6 is 0 Å². The van der Waals surface area contributed by atoms with Crippen LogP contribution in [0.1, 0.15) is 18.5 Å². The monoisotopic (exact) mass is 371 g/mol. The van der Waals surface area contributed by atoms with Gasteiger partial charge >= 0.3 is 0 Å². The van der Waals surface area contributed by atoms with Crippen LogP contribution in [0.4, 0.5) is 0 Å². The third-order valence-corrected chi connectivity index (χ3v) is 4.97. The molecule has 4 heterocycles. The lowest BCUT2D eigenvalue weighted by molar-refractivity contribution is 0.558. The lowest BCUT2D eigenvalue weighted by Crippen LogP contribution is -2.21. The van der Waals surface area contributed by atoms with Gasteiger partial charge in [-0.15, -0.1) is 5.10 Å². The molecule has 0 aliphatic carbocycles. The number of hydrogen-bond acceptors (Lipinski definition) is 5. The van der Waals surface area contributed by atoms with Gasteiger partial charge in [0.1, 0.15) is 5.52 Å². The number of fused-ring (bicyclic) bond motifs is 2. The van der Waals surface area contributed by atoms with Crippen LogP contribution in [0.5, 0.6) is 0 Å². The number of aromatic nitrogens is 7.